The summed E-state index contributed by atoms with van der Waals surface area (Å²) in [5.41, 5.74) is 2.65. The Bertz CT molecular complexity index is 1450. The predicted molar refractivity (Wildman–Crippen MR) is 172 cm³/mol. The van der Waals surface area contributed by atoms with Gasteiger partial charge in [0.2, 0.25) is 0 Å². The highest BCUT2D eigenvalue weighted by molar-refractivity contribution is 5.97. The maximum Gasteiger partial charge on any atom is 0.334 e. The highest BCUT2D eigenvalue weighted by atomic mass is 16.6. The van der Waals surface area contributed by atoms with Crippen molar-refractivity contribution in [1.29, 1.82) is 0 Å². The summed E-state index contributed by atoms with van der Waals surface area (Å²) in [6.07, 6.45) is 2.46. The predicted octanol–water partition coefficient (Wildman–Crippen LogP) is 4.98. The third-order valence-corrected chi connectivity index (χ3v) is 9.21. The second-order valence-corrected chi connectivity index (χ2v) is 13.3. The highest BCUT2D eigenvalue weighted by Crippen LogP contribution is 2.43. The zero-order chi connectivity index (χ0) is 30.9. The lowest BCUT2D eigenvalue weighted by atomic mass is 9.85. The van der Waals surface area contributed by atoms with Crippen molar-refractivity contribution in [3.63, 3.8) is 0 Å². The monoisotopic (exact) mass is 596 g/mol. The molecule has 2 atom stereocenters. The number of para-hydroxylation sites is 2. The fourth-order valence-electron chi connectivity index (χ4n) is 7.10. The molecule has 3 heterocycles. The second kappa shape index (κ2) is 12.3. The van der Waals surface area contributed by atoms with Crippen LogP contribution in [0.15, 0.2) is 84.9 Å². The van der Waals surface area contributed by atoms with Crippen molar-refractivity contribution >= 4 is 23.3 Å². The van der Waals surface area contributed by atoms with E-state index < -0.39 is 29.4 Å². The molecule has 2 saturated heterocycles. The molecule has 3 aromatic carbocycles. The Morgan fingerprint density at radius 2 is 1.57 bits per heavy atom. The molecule has 0 aromatic heterocycles. The Labute approximate surface area is 260 Å². The van der Waals surface area contributed by atoms with Crippen LogP contribution in [0.2, 0.25) is 0 Å². The molecule has 1 spiro atoms. The highest BCUT2D eigenvalue weighted by Gasteiger charge is 2.56. The fourth-order valence-corrected chi connectivity index (χ4v) is 7.10. The maximum atomic E-state index is 14.6. The first-order valence-corrected chi connectivity index (χ1v) is 15.8. The van der Waals surface area contributed by atoms with Gasteiger partial charge in [-0.2, -0.15) is 0 Å². The SMILES string of the molecule is CC(C)(C)OC(=O)[C@H](c1ccccc1)N1CN(c2ccccc2)C2(CCN(CCCN3c4ccccc4C[C@@H]3O)CC2)C1=O. The van der Waals surface area contributed by atoms with Gasteiger partial charge >= 0.3 is 5.97 Å². The number of piperidine rings is 1. The molecular formula is C36H44N4O4. The fraction of sp³-hybridized carbons (Fsp3) is 0.444. The number of ether oxygens (including phenoxy) is 1. The number of fused-ring (bicyclic) bond motifs is 1. The molecule has 0 unspecified atom stereocenters. The topological polar surface area (TPSA) is 76.6 Å². The van der Waals surface area contributed by atoms with E-state index in [1.807, 2.05) is 81.4 Å². The van der Waals surface area contributed by atoms with Gasteiger partial charge in [-0.25, -0.2) is 4.79 Å². The lowest BCUT2D eigenvalue weighted by Gasteiger charge is -2.43. The van der Waals surface area contributed by atoms with Crippen LogP contribution >= 0.6 is 0 Å². The molecule has 44 heavy (non-hydrogen) atoms. The summed E-state index contributed by atoms with van der Waals surface area (Å²) >= 11 is 0. The van der Waals surface area contributed by atoms with E-state index >= 15 is 0 Å². The number of hydrogen-bond donors (Lipinski definition) is 1. The van der Waals surface area contributed by atoms with Crippen LogP contribution < -0.4 is 9.80 Å². The van der Waals surface area contributed by atoms with Crippen LogP contribution in [0.1, 0.15) is 57.2 Å². The van der Waals surface area contributed by atoms with Crippen molar-refractivity contribution in [1.82, 2.24) is 9.80 Å². The van der Waals surface area contributed by atoms with Crippen LogP contribution in [0.25, 0.3) is 0 Å². The maximum absolute atomic E-state index is 14.6. The van der Waals surface area contributed by atoms with Gasteiger partial charge in [0.25, 0.3) is 5.91 Å². The molecule has 1 N–H and O–H groups in total. The first-order chi connectivity index (χ1) is 21.2. The van der Waals surface area contributed by atoms with E-state index in [9.17, 15) is 14.7 Å². The Balaban J connectivity index is 1.20. The largest absolute Gasteiger partial charge is 0.458 e. The van der Waals surface area contributed by atoms with Gasteiger partial charge in [0.15, 0.2) is 6.04 Å². The molecule has 0 bridgehead atoms. The number of amides is 1. The normalized spacial score (nSPS) is 20.7. The molecule has 3 aliphatic heterocycles. The number of rotatable bonds is 8. The number of aliphatic hydroxyl groups is 1. The third-order valence-electron chi connectivity index (χ3n) is 9.21. The van der Waals surface area contributed by atoms with Crippen molar-refractivity contribution in [2.45, 2.75) is 69.9 Å². The summed E-state index contributed by atoms with van der Waals surface area (Å²) in [6.45, 7) is 9.13. The van der Waals surface area contributed by atoms with Gasteiger partial charge in [0.05, 0.1) is 6.67 Å². The Hall–Kier alpha value is -3.88. The zero-order valence-corrected chi connectivity index (χ0v) is 26.1. The summed E-state index contributed by atoms with van der Waals surface area (Å²) in [6, 6.07) is 27.0. The molecule has 0 aliphatic carbocycles. The van der Waals surface area contributed by atoms with Gasteiger partial charge in [0.1, 0.15) is 17.4 Å². The van der Waals surface area contributed by atoms with E-state index in [2.05, 4.69) is 39.0 Å². The number of carbonyl (C=O) groups is 2. The number of nitrogens with zero attached hydrogens (tertiary/aromatic N) is 4. The lowest BCUT2D eigenvalue weighted by molar-refractivity contribution is -0.164. The van der Waals surface area contributed by atoms with E-state index in [0.29, 0.717) is 25.9 Å². The van der Waals surface area contributed by atoms with Crippen LogP contribution in [-0.4, -0.2) is 77.0 Å². The van der Waals surface area contributed by atoms with Crippen molar-refractivity contribution in [3.8, 4) is 0 Å². The van der Waals surface area contributed by atoms with Crippen LogP contribution in [0.3, 0.4) is 0 Å². The Morgan fingerprint density at radius 1 is 0.932 bits per heavy atom. The first-order valence-electron chi connectivity index (χ1n) is 15.8. The summed E-state index contributed by atoms with van der Waals surface area (Å²) in [5.74, 6) is -0.428. The molecule has 3 aliphatic rings. The van der Waals surface area contributed by atoms with Crippen LogP contribution in [0.5, 0.6) is 0 Å². The molecule has 1 amide bonds. The third kappa shape index (κ3) is 5.93. The van der Waals surface area contributed by atoms with Gasteiger partial charge in [-0.05, 0) is 75.9 Å². The van der Waals surface area contributed by atoms with Crippen molar-refractivity contribution in [2.75, 3.05) is 42.6 Å². The van der Waals surface area contributed by atoms with Gasteiger partial charge in [0, 0.05) is 37.4 Å². The molecule has 6 rings (SSSR count). The van der Waals surface area contributed by atoms with Crippen molar-refractivity contribution < 1.29 is 19.4 Å². The van der Waals surface area contributed by atoms with Gasteiger partial charge in [-0.15, -0.1) is 0 Å². The average Bonchev–Trinajstić information content (AvgIpc) is 3.47. The van der Waals surface area contributed by atoms with Crippen LogP contribution in [0, 0.1) is 0 Å². The Morgan fingerprint density at radius 3 is 2.25 bits per heavy atom. The van der Waals surface area contributed by atoms with Gasteiger partial charge in [-0.1, -0.05) is 66.7 Å². The van der Waals surface area contributed by atoms with Crippen LogP contribution in [-0.2, 0) is 20.7 Å². The second-order valence-electron chi connectivity index (χ2n) is 13.3. The number of anilines is 2. The van der Waals surface area contributed by atoms with Gasteiger partial charge < -0.3 is 29.4 Å². The molecule has 0 saturated carbocycles. The summed E-state index contributed by atoms with van der Waals surface area (Å²) in [5, 5.41) is 10.6. The van der Waals surface area contributed by atoms with E-state index in [0.717, 1.165) is 49.5 Å². The molecular weight excluding hydrogens is 552 g/mol. The minimum absolute atomic E-state index is 0.0162. The van der Waals surface area contributed by atoms with E-state index in [1.165, 1.54) is 5.56 Å². The minimum Gasteiger partial charge on any atom is -0.458 e. The molecule has 0 radical (unpaired) electrons. The van der Waals surface area contributed by atoms with E-state index in [4.69, 9.17) is 4.74 Å². The number of likely N-dealkylation sites (tertiary alicyclic amines) is 1. The summed E-state index contributed by atoms with van der Waals surface area (Å²) in [7, 11) is 0. The average molecular weight is 597 g/mol. The van der Waals surface area contributed by atoms with E-state index in [-0.39, 0.29) is 5.91 Å². The van der Waals surface area contributed by atoms with Gasteiger partial charge in [-0.3, -0.25) is 4.79 Å². The van der Waals surface area contributed by atoms with Crippen molar-refractivity contribution in [2.24, 2.45) is 0 Å². The summed E-state index contributed by atoms with van der Waals surface area (Å²) in [4.78, 5) is 36.8. The molecule has 232 valence electrons. The number of carbonyl (C=O) groups excluding carboxylic acids is 2. The standard InChI is InChI=1S/C36H44N4O4/c1-35(2,3)44-33(42)32(27-13-6-4-7-14-27)39-26-40(29-16-8-5-9-17-29)36(34(39)43)19-23-37(24-20-36)21-12-22-38-30-18-11-10-15-28(30)25-31(38)41/h4-11,13-18,31-32,41H,12,19-26H2,1-3H3/t31-,32-/m0/s1. The summed E-state index contributed by atoms with van der Waals surface area (Å²) < 4.78 is 5.88. The van der Waals surface area contributed by atoms with E-state index in [1.54, 1.807) is 4.90 Å². The van der Waals surface area contributed by atoms with Crippen LogP contribution in [0.4, 0.5) is 11.4 Å². The molecule has 3 aromatic rings. The smallest absolute Gasteiger partial charge is 0.334 e. The first kappa shape index (κ1) is 30.2. The minimum atomic E-state index is -0.832. The number of esters is 1. The zero-order valence-electron chi connectivity index (χ0n) is 26.1. The lowest BCUT2D eigenvalue weighted by Crippen LogP contribution is -2.57. The number of benzene rings is 3. The number of aliphatic hydroxyl groups excluding tert-OH is 1. The van der Waals surface area contributed by atoms with Crippen molar-refractivity contribution in [3.05, 3.63) is 96.1 Å². The molecule has 8 nitrogen and oxygen atoms in total. The molecule has 2 fully saturated rings. The quantitative estimate of drug-likeness (QED) is 0.368. The molecule has 8 heteroatoms. The Kier molecular flexibility index (Phi) is 8.40. The number of hydrogen-bond acceptors (Lipinski definition) is 7.